The second kappa shape index (κ2) is 12.6. The summed E-state index contributed by atoms with van der Waals surface area (Å²) < 4.78 is 27.8. The minimum Gasteiger partial charge on any atom is -0.351 e. The highest BCUT2D eigenvalue weighted by Crippen LogP contribution is 2.33. The first-order valence-electron chi connectivity index (χ1n) is 13.4. The Hall–Kier alpha value is -3.04. The molecule has 4 aromatic rings. The maximum absolute atomic E-state index is 13.1. The number of carbonyl (C=O) groups is 1. The molecular weight excluding hydrogens is 562 g/mol. The third-order valence-electron chi connectivity index (χ3n) is 7.46. The number of aryl methyl sites for hydroxylation is 1. The molecule has 5 rings (SSSR count). The third-order valence-corrected chi connectivity index (χ3v) is 10.8. The van der Waals surface area contributed by atoms with Gasteiger partial charge in [-0.3, -0.25) is 4.79 Å². The number of sulfonamides is 1. The molecule has 1 aliphatic heterocycles. The summed E-state index contributed by atoms with van der Waals surface area (Å²) in [5, 5.41) is 6.17. The zero-order valence-electron chi connectivity index (χ0n) is 22.3. The number of nitrogens with zero attached hydrogens (tertiary/aromatic N) is 2. The number of amides is 1. The van der Waals surface area contributed by atoms with Gasteiger partial charge < -0.3 is 5.32 Å². The second-order valence-electron chi connectivity index (χ2n) is 10.1. The van der Waals surface area contributed by atoms with Crippen molar-refractivity contribution in [3.05, 3.63) is 117 Å². The van der Waals surface area contributed by atoms with Gasteiger partial charge in [-0.05, 0) is 55.0 Å². The summed E-state index contributed by atoms with van der Waals surface area (Å²) in [6.45, 7) is 3.18. The standard InChI is InChI=1S/C31H32ClN3O3S2/c1-22-12-13-26(20-28(22)32)40(37,38)35-18-15-25(16-19-35)31-34-29(21-39-31)30(36)33-17-14-27(23-8-4-2-5-9-23)24-10-6-3-7-11-24/h2-13,20-21,25,27H,14-19H2,1H3,(H,33,36). The van der Waals surface area contributed by atoms with E-state index in [4.69, 9.17) is 11.6 Å². The highest BCUT2D eigenvalue weighted by atomic mass is 35.5. The van der Waals surface area contributed by atoms with Crippen molar-refractivity contribution in [3.63, 3.8) is 0 Å². The van der Waals surface area contributed by atoms with E-state index < -0.39 is 10.0 Å². The first-order chi connectivity index (χ1) is 19.3. The topological polar surface area (TPSA) is 79.4 Å². The molecule has 0 unspecified atom stereocenters. The van der Waals surface area contributed by atoms with Crippen LogP contribution in [-0.2, 0) is 10.0 Å². The molecular formula is C31H32ClN3O3S2. The Morgan fingerprint density at radius 1 is 1.02 bits per heavy atom. The molecule has 1 saturated heterocycles. The van der Waals surface area contributed by atoms with Crippen LogP contribution in [0.15, 0.2) is 89.1 Å². The van der Waals surface area contributed by atoms with E-state index in [9.17, 15) is 13.2 Å². The molecule has 1 N–H and O–H groups in total. The molecule has 0 bridgehead atoms. The van der Waals surface area contributed by atoms with Crippen molar-refractivity contribution in [1.82, 2.24) is 14.6 Å². The lowest BCUT2D eigenvalue weighted by atomic mass is 9.88. The lowest BCUT2D eigenvalue weighted by molar-refractivity contribution is 0.0948. The molecule has 1 amide bonds. The molecule has 1 aromatic heterocycles. The number of thiazole rings is 1. The van der Waals surface area contributed by atoms with E-state index in [1.165, 1.54) is 32.8 Å². The Balaban J connectivity index is 1.16. The number of hydrogen-bond acceptors (Lipinski definition) is 5. The maximum atomic E-state index is 13.1. The highest BCUT2D eigenvalue weighted by Gasteiger charge is 2.31. The molecule has 1 fully saturated rings. The number of benzene rings is 3. The van der Waals surface area contributed by atoms with Crippen LogP contribution in [0.2, 0.25) is 5.02 Å². The Morgan fingerprint density at radius 2 is 1.65 bits per heavy atom. The molecule has 9 heteroatoms. The van der Waals surface area contributed by atoms with Crippen molar-refractivity contribution in [2.24, 2.45) is 0 Å². The summed E-state index contributed by atoms with van der Waals surface area (Å²) in [4.78, 5) is 17.8. The summed E-state index contributed by atoms with van der Waals surface area (Å²) in [7, 11) is -3.61. The molecule has 0 spiro atoms. The first kappa shape index (κ1) is 28.5. The largest absolute Gasteiger partial charge is 0.351 e. The summed E-state index contributed by atoms with van der Waals surface area (Å²) in [6.07, 6.45) is 2.09. The van der Waals surface area contributed by atoms with Gasteiger partial charge in [-0.15, -0.1) is 11.3 Å². The lowest BCUT2D eigenvalue weighted by Gasteiger charge is -2.30. The van der Waals surface area contributed by atoms with E-state index in [1.807, 2.05) is 43.3 Å². The smallest absolute Gasteiger partial charge is 0.270 e. The summed E-state index contributed by atoms with van der Waals surface area (Å²) in [5.74, 6) is 0.130. The minimum absolute atomic E-state index is 0.125. The average molecular weight is 594 g/mol. The van der Waals surface area contributed by atoms with Gasteiger partial charge in [0.25, 0.3) is 5.91 Å². The number of carbonyl (C=O) groups excluding carboxylic acids is 1. The van der Waals surface area contributed by atoms with E-state index >= 15 is 0 Å². The van der Waals surface area contributed by atoms with Crippen molar-refractivity contribution >= 4 is 38.9 Å². The summed E-state index contributed by atoms with van der Waals surface area (Å²) in [5.41, 5.74) is 3.70. The van der Waals surface area contributed by atoms with Crippen molar-refractivity contribution in [2.75, 3.05) is 19.6 Å². The van der Waals surface area contributed by atoms with Gasteiger partial charge in [0.05, 0.1) is 9.90 Å². The SMILES string of the molecule is Cc1ccc(S(=O)(=O)N2CCC(c3nc(C(=O)NCCC(c4ccccc4)c4ccccc4)cs3)CC2)cc1Cl. The van der Waals surface area contributed by atoms with Crippen LogP contribution in [0.5, 0.6) is 0 Å². The Morgan fingerprint density at radius 3 is 2.25 bits per heavy atom. The van der Waals surface area contributed by atoms with Gasteiger partial charge in [0.15, 0.2) is 0 Å². The van der Waals surface area contributed by atoms with E-state index in [1.54, 1.807) is 17.5 Å². The Bertz CT molecular complexity index is 1510. The zero-order valence-corrected chi connectivity index (χ0v) is 24.7. The van der Waals surface area contributed by atoms with Crippen LogP contribution in [0.3, 0.4) is 0 Å². The van der Waals surface area contributed by atoms with Gasteiger partial charge in [0.2, 0.25) is 10.0 Å². The lowest BCUT2D eigenvalue weighted by Crippen LogP contribution is -2.37. The van der Waals surface area contributed by atoms with Gasteiger partial charge in [-0.1, -0.05) is 78.3 Å². The monoisotopic (exact) mass is 593 g/mol. The summed E-state index contributed by atoms with van der Waals surface area (Å²) in [6, 6.07) is 25.5. The van der Waals surface area contributed by atoms with E-state index in [-0.39, 0.29) is 22.6 Å². The van der Waals surface area contributed by atoms with Gasteiger partial charge in [0.1, 0.15) is 5.69 Å². The third kappa shape index (κ3) is 6.47. The average Bonchev–Trinajstić information content (AvgIpc) is 3.48. The number of nitrogens with one attached hydrogen (secondary N) is 1. The maximum Gasteiger partial charge on any atom is 0.270 e. The predicted molar refractivity (Wildman–Crippen MR) is 161 cm³/mol. The Labute approximate surface area is 245 Å². The Kier molecular flexibility index (Phi) is 9.00. The first-order valence-corrected chi connectivity index (χ1v) is 16.1. The minimum atomic E-state index is -3.61. The van der Waals surface area contributed by atoms with Crippen LogP contribution in [-0.4, -0.2) is 43.2 Å². The molecule has 40 heavy (non-hydrogen) atoms. The molecule has 208 valence electrons. The van der Waals surface area contributed by atoms with Gasteiger partial charge in [-0.2, -0.15) is 4.31 Å². The van der Waals surface area contributed by atoms with Gasteiger partial charge >= 0.3 is 0 Å². The van der Waals surface area contributed by atoms with Gasteiger partial charge in [0, 0.05) is 41.9 Å². The molecule has 0 aliphatic carbocycles. The van der Waals surface area contributed by atoms with Gasteiger partial charge in [-0.25, -0.2) is 13.4 Å². The van der Waals surface area contributed by atoms with Crippen LogP contribution in [0, 0.1) is 6.92 Å². The zero-order chi connectivity index (χ0) is 28.1. The van der Waals surface area contributed by atoms with Crippen LogP contribution >= 0.6 is 22.9 Å². The molecule has 0 atom stereocenters. The number of piperidine rings is 1. The molecule has 1 aliphatic rings. The fraction of sp³-hybridized carbons (Fsp3) is 0.290. The quantitative estimate of drug-likeness (QED) is 0.236. The normalized spacial score (nSPS) is 14.9. The fourth-order valence-corrected chi connectivity index (χ4v) is 7.84. The second-order valence-corrected chi connectivity index (χ2v) is 13.3. The molecule has 0 saturated carbocycles. The van der Waals surface area contributed by atoms with Crippen molar-refractivity contribution in [3.8, 4) is 0 Å². The number of hydrogen-bond donors (Lipinski definition) is 1. The van der Waals surface area contributed by atoms with Crippen LogP contribution in [0.25, 0.3) is 0 Å². The number of aromatic nitrogens is 1. The summed E-state index contributed by atoms with van der Waals surface area (Å²) >= 11 is 7.64. The number of halogens is 1. The molecule has 2 heterocycles. The highest BCUT2D eigenvalue weighted by molar-refractivity contribution is 7.89. The van der Waals surface area contributed by atoms with E-state index in [2.05, 4.69) is 34.6 Å². The number of rotatable bonds is 9. The molecule has 6 nitrogen and oxygen atoms in total. The fourth-order valence-electron chi connectivity index (χ4n) is 5.12. The molecule has 3 aromatic carbocycles. The van der Waals surface area contributed by atoms with Crippen molar-refractivity contribution < 1.29 is 13.2 Å². The molecule has 0 radical (unpaired) electrons. The van der Waals surface area contributed by atoms with E-state index in [0.29, 0.717) is 43.2 Å². The van der Waals surface area contributed by atoms with Crippen molar-refractivity contribution in [1.29, 1.82) is 0 Å². The van der Waals surface area contributed by atoms with Crippen LogP contribution in [0.4, 0.5) is 0 Å². The van der Waals surface area contributed by atoms with Crippen LogP contribution in [0.1, 0.15) is 63.3 Å². The van der Waals surface area contributed by atoms with Crippen molar-refractivity contribution in [2.45, 2.75) is 42.9 Å². The van der Waals surface area contributed by atoms with Crippen LogP contribution < -0.4 is 5.32 Å². The predicted octanol–water partition coefficient (Wildman–Crippen LogP) is 6.63. The van der Waals surface area contributed by atoms with E-state index in [0.717, 1.165) is 17.0 Å².